The molecule has 0 saturated carbocycles. The largest absolute Gasteiger partial charge is 0.494 e. The van der Waals surface area contributed by atoms with Crippen LogP contribution in [0.4, 0.5) is 0 Å². The van der Waals surface area contributed by atoms with Gasteiger partial charge in [-0.3, -0.25) is 0 Å². The molecule has 2 N–H and O–H groups in total. The minimum absolute atomic E-state index is 0.404. The van der Waals surface area contributed by atoms with Gasteiger partial charge >= 0.3 is 0 Å². The van der Waals surface area contributed by atoms with E-state index in [-0.39, 0.29) is 0 Å². The molecule has 0 bridgehead atoms. The van der Waals surface area contributed by atoms with E-state index in [1.807, 2.05) is 24.3 Å². The molecule has 0 aliphatic carbocycles. The van der Waals surface area contributed by atoms with Crippen LogP contribution >= 0.6 is 12.2 Å². The Balaban J connectivity index is 2.34. The van der Waals surface area contributed by atoms with E-state index in [0.29, 0.717) is 23.6 Å². The Morgan fingerprint density at radius 1 is 1.35 bits per heavy atom. The normalized spacial score (nSPS) is 12.7. The zero-order valence-corrected chi connectivity index (χ0v) is 13.7. The quantitative estimate of drug-likeness (QED) is 0.591. The molecule has 0 saturated heterocycles. The molecule has 0 spiro atoms. The van der Waals surface area contributed by atoms with Gasteiger partial charge in [0.25, 0.3) is 0 Å². The van der Waals surface area contributed by atoms with Gasteiger partial charge in [-0.05, 0) is 38.4 Å². The summed E-state index contributed by atoms with van der Waals surface area (Å²) in [5.74, 6) is 1.50. The molecule has 1 unspecified atom stereocenters. The summed E-state index contributed by atoms with van der Waals surface area (Å²) >= 11 is 4.96. The second kappa shape index (κ2) is 8.22. The molecule has 1 atom stereocenters. The lowest BCUT2D eigenvalue weighted by atomic mass is 10.1. The third-order valence-electron chi connectivity index (χ3n) is 3.70. The first-order valence-corrected chi connectivity index (χ1v) is 7.55. The van der Waals surface area contributed by atoms with E-state index in [0.717, 1.165) is 24.3 Å². The Labute approximate surface area is 128 Å². The second-order valence-electron chi connectivity index (χ2n) is 5.56. The molecule has 0 radical (unpaired) electrons. The molecule has 0 aromatic heterocycles. The van der Waals surface area contributed by atoms with Crippen LogP contribution in [0.15, 0.2) is 24.3 Å². The molecule has 0 aliphatic rings. The number of hydrogen-bond acceptors (Lipinski definition) is 3. The zero-order chi connectivity index (χ0) is 15.1. The van der Waals surface area contributed by atoms with Crippen molar-refractivity contribution in [2.45, 2.75) is 33.2 Å². The Morgan fingerprint density at radius 3 is 2.65 bits per heavy atom. The van der Waals surface area contributed by atoms with Crippen LogP contribution in [0.3, 0.4) is 0 Å². The molecule has 4 heteroatoms. The van der Waals surface area contributed by atoms with Gasteiger partial charge in [0.05, 0.1) is 6.61 Å². The predicted octanol–water partition coefficient (Wildman–Crippen LogP) is 3.07. The third-order valence-corrected chi connectivity index (χ3v) is 3.94. The molecule has 0 amide bonds. The molecule has 1 rings (SSSR count). The Bertz CT molecular complexity index is 434. The van der Waals surface area contributed by atoms with Crippen molar-refractivity contribution in [2.75, 3.05) is 20.2 Å². The van der Waals surface area contributed by atoms with E-state index in [1.54, 1.807) is 0 Å². The molecule has 0 fully saturated rings. The highest BCUT2D eigenvalue weighted by molar-refractivity contribution is 7.80. The average Bonchev–Trinajstić information content (AvgIpc) is 2.42. The third kappa shape index (κ3) is 5.47. The minimum atomic E-state index is 0.404. The van der Waals surface area contributed by atoms with E-state index in [9.17, 15) is 0 Å². The van der Waals surface area contributed by atoms with E-state index in [4.69, 9.17) is 22.7 Å². The molecule has 3 nitrogen and oxygen atoms in total. The van der Waals surface area contributed by atoms with Crippen molar-refractivity contribution in [2.24, 2.45) is 11.7 Å². The van der Waals surface area contributed by atoms with Crippen molar-refractivity contribution >= 4 is 17.2 Å². The smallest absolute Gasteiger partial charge is 0.119 e. The van der Waals surface area contributed by atoms with Crippen LogP contribution in [-0.2, 0) is 0 Å². The molecule has 20 heavy (non-hydrogen) atoms. The highest BCUT2D eigenvalue weighted by Crippen LogP contribution is 2.14. The van der Waals surface area contributed by atoms with Gasteiger partial charge in [-0.25, -0.2) is 0 Å². The van der Waals surface area contributed by atoms with Gasteiger partial charge in [-0.2, -0.15) is 0 Å². The number of hydrogen-bond donors (Lipinski definition) is 1. The summed E-state index contributed by atoms with van der Waals surface area (Å²) in [6, 6.07) is 8.22. The summed E-state index contributed by atoms with van der Waals surface area (Å²) in [7, 11) is 2.16. The number of ether oxygens (including phenoxy) is 1. The van der Waals surface area contributed by atoms with Gasteiger partial charge < -0.3 is 15.4 Å². The lowest BCUT2D eigenvalue weighted by Gasteiger charge is -2.27. The maximum Gasteiger partial charge on any atom is 0.119 e. The molecule has 0 heterocycles. The Hall–Kier alpha value is -1.13. The molecule has 1 aromatic carbocycles. The van der Waals surface area contributed by atoms with Crippen LogP contribution in [0.5, 0.6) is 5.75 Å². The Kier molecular flexibility index (Phi) is 6.96. The van der Waals surface area contributed by atoms with Gasteiger partial charge in [0.2, 0.25) is 0 Å². The van der Waals surface area contributed by atoms with Crippen LogP contribution < -0.4 is 10.5 Å². The maximum absolute atomic E-state index is 5.75. The van der Waals surface area contributed by atoms with Crippen molar-refractivity contribution in [1.82, 2.24) is 4.90 Å². The number of thiocarbonyl (C=S) groups is 1. The highest BCUT2D eigenvalue weighted by atomic mass is 32.1. The van der Waals surface area contributed by atoms with E-state index < -0.39 is 0 Å². The van der Waals surface area contributed by atoms with Gasteiger partial charge in [-0.1, -0.05) is 38.2 Å². The number of rotatable bonds is 8. The summed E-state index contributed by atoms with van der Waals surface area (Å²) in [6.07, 6.45) is 1.00. The Morgan fingerprint density at radius 2 is 2.05 bits per heavy atom. The first-order chi connectivity index (χ1) is 9.41. The first kappa shape index (κ1) is 16.9. The standard InChI is InChI=1S/C16H26N2OS/c1-12(2)13(3)18(4)9-6-10-19-15-8-5-7-14(11-15)16(17)20/h5,7-8,11-13H,6,9-10H2,1-4H3,(H2,17,20). The van der Waals surface area contributed by atoms with Gasteiger partial charge in [0, 0.05) is 18.2 Å². The van der Waals surface area contributed by atoms with Crippen molar-refractivity contribution in [3.63, 3.8) is 0 Å². The SMILES string of the molecule is CC(C)C(C)N(C)CCCOc1cccc(C(N)=S)c1. The van der Waals surface area contributed by atoms with Crippen LogP contribution in [0, 0.1) is 5.92 Å². The van der Waals surface area contributed by atoms with Crippen molar-refractivity contribution < 1.29 is 4.74 Å². The molecule has 112 valence electrons. The van der Waals surface area contributed by atoms with Crippen LogP contribution in [-0.4, -0.2) is 36.1 Å². The summed E-state index contributed by atoms with van der Waals surface area (Å²) in [4.78, 5) is 2.78. The van der Waals surface area contributed by atoms with Gasteiger partial charge in [0.15, 0.2) is 0 Å². The van der Waals surface area contributed by atoms with Crippen molar-refractivity contribution in [3.05, 3.63) is 29.8 Å². The number of nitrogens with two attached hydrogens (primary N) is 1. The fourth-order valence-electron chi connectivity index (χ4n) is 1.96. The average molecular weight is 294 g/mol. The zero-order valence-electron chi connectivity index (χ0n) is 12.9. The first-order valence-electron chi connectivity index (χ1n) is 7.14. The summed E-state index contributed by atoms with van der Waals surface area (Å²) in [5.41, 5.74) is 6.46. The molecular weight excluding hydrogens is 268 g/mol. The van der Waals surface area contributed by atoms with Gasteiger partial charge in [0.1, 0.15) is 10.7 Å². The van der Waals surface area contributed by atoms with E-state index in [2.05, 4.69) is 32.7 Å². The highest BCUT2D eigenvalue weighted by Gasteiger charge is 2.12. The number of nitrogens with zero attached hydrogens (tertiary/aromatic N) is 1. The summed E-state index contributed by atoms with van der Waals surface area (Å²) in [6.45, 7) is 8.50. The lowest BCUT2D eigenvalue weighted by Crippen LogP contribution is -2.34. The monoisotopic (exact) mass is 294 g/mol. The van der Waals surface area contributed by atoms with Crippen molar-refractivity contribution in [3.8, 4) is 5.75 Å². The van der Waals surface area contributed by atoms with Crippen molar-refractivity contribution in [1.29, 1.82) is 0 Å². The predicted molar refractivity (Wildman–Crippen MR) is 89.4 cm³/mol. The lowest BCUT2D eigenvalue weighted by molar-refractivity contribution is 0.189. The van der Waals surface area contributed by atoms with Crippen LogP contribution in [0.25, 0.3) is 0 Å². The fraction of sp³-hybridized carbons (Fsp3) is 0.562. The van der Waals surface area contributed by atoms with Crippen LogP contribution in [0.2, 0.25) is 0 Å². The topological polar surface area (TPSA) is 38.5 Å². The maximum atomic E-state index is 5.75. The van der Waals surface area contributed by atoms with Crippen LogP contribution in [0.1, 0.15) is 32.8 Å². The fourth-order valence-corrected chi connectivity index (χ4v) is 2.08. The van der Waals surface area contributed by atoms with E-state index in [1.165, 1.54) is 0 Å². The summed E-state index contributed by atoms with van der Waals surface area (Å²) < 4.78 is 5.75. The van der Waals surface area contributed by atoms with Gasteiger partial charge in [-0.15, -0.1) is 0 Å². The second-order valence-corrected chi connectivity index (χ2v) is 6.00. The molecule has 1 aromatic rings. The summed E-state index contributed by atoms with van der Waals surface area (Å²) in [5, 5.41) is 0. The molecular formula is C16H26N2OS. The van der Waals surface area contributed by atoms with E-state index >= 15 is 0 Å². The molecule has 0 aliphatic heterocycles. The number of benzene rings is 1. The minimum Gasteiger partial charge on any atom is -0.494 e.